The molecule has 0 radical (unpaired) electrons. The van der Waals surface area contributed by atoms with Crippen LogP contribution in [-0.4, -0.2) is 46.2 Å². The summed E-state index contributed by atoms with van der Waals surface area (Å²) in [7, 11) is 0. The average Bonchev–Trinajstić information content (AvgIpc) is 3.52. The zero-order valence-corrected chi connectivity index (χ0v) is 18.8. The zero-order chi connectivity index (χ0) is 22.9. The van der Waals surface area contributed by atoms with Crippen molar-refractivity contribution in [3.05, 3.63) is 65.5 Å². The Morgan fingerprint density at radius 1 is 1.16 bits per heavy atom. The molecule has 1 saturated heterocycles. The Morgan fingerprint density at radius 3 is 2.47 bits per heavy atom. The van der Waals surface area contributed by atoms with E-state index in [4.69, 9.17) is 4.74 Å². The van der Waals surface area contributed by atoms with Crippen molar-refractivity contribution in [1.29, 1.82) is 0 Å². The van der Waals surface area contributed by atoms with Crippen LogP contribution < -0.4 is 5.32 Å². The third-order valence-corrected chi connectivity index (χ3v) is 5.75. The molecular formula is C25H30FN3O3. The van der Waals surface area contributed by atoms with E-state index in [0.717, 1.165) is 5.56 Å². The molecule has 1 aromatic heterocycles. The van der Waals surface area contributed by atoms with Crippen molar-refractivity contribution < 1.29 is 18.7 Å². The van der Waals surface area contributed by atoms with Crippen LogP contribution in [0.25, 0.3) is 0 Å². The highest BCUT2D eigenvalue weighted by atomic mass is 19.1. The number of pyridine rings is 1. The van der Waals surface area contributed by atoms with Crippen LogP contribution in [0.2, 0.25) is 0 Å². The van der Waals surface area contributed by atoms with Gasteiger partial charge in [0.1, 0.15) is 17.8 Å². The van der Waals surface area contributed by atoms with Gasteiger partial charge in [-0.2, -0.15) is 0 Å². The number of benzene rings is 1. The summed E-state index contributed by atoms with van der Waals surface area (Å²) < 4.78 is 19.6. The molecule has 0 spiro atoms. The van der Waals surface area contributed by atoms with Crippen molar-refractivity contribution in [3.8, 4) is 0 Å². The van der Waals surface area contributed by atoms with Gasteiger partial charge < -0.3 is 10.1 Å². The number of alkyl halides is 1. The van der Waals surface area contributed by atoms with E-state index in [0.29, 0.717) is 11.6 Å². The third-order valence-electron chi connectivity index (χ3n) is 5.75. The summed E-state index contributed by atoms with van der Waals surface area (Å²) in [4.78, 5) is 31.7. The minimum absolute atomic E-state index is 0.0549. The molecule has 1 N–H and O–H groups in total. The highest BCUT2D eigenvalue weighted by molar-refractivity contribution is 5.87. The molecule has 1 unspecified atom stereocenters. The van der Waals surface area contributed by atoms with E-state index in [9.17, 15) is 14.0 Å². The summed E-state index contributed by atoms with van der Waals surface area (Å²) in [5, 5.41) is 3.01. The van der Waals surface area contributed by atoms with Crippen LogP contribution in [0.5, 0.6) is 0 Å². The van der Waals surface area contributed by atoms with E-state index in [2.05, 4.69) is 16.4 Å². The Balaban J connectivity index is 1.55. The molecule has 2 amide bonds. The van der Waals surface area contributed by atoms with Gasteiger partial charge in [0.05, 0.1) is 18.3 Å². The molecule has 170 valence electrons. The van der Waals surface area contributed by atoms with Gasteiger partial charge in [-0.3, -0.25) is 14.7 Å². The van der Waals surface area contributed by atoms with E-state index in [1.807, 2.05) is 42.6 Å². The first kappa shape index (κ1) is 22.2. The Hall–Kier alpha value is -2.96. The molecule has 7 heteroatoms. The minimum atomic E-state index is -1.27. The molecular weight excluding hydrogens is 409 g/mol. The Labute approximate surface area is 188 Å². The molecule has 4 rings (SSSR count). The van der Waals surface area contributed by atoms with Crippen LogP contribution in [0.15, 0.2) is 48.7 Å². The lowest BCUT2D eigenvalue weighted by atomic mass is 10.0. The molecule has 32 heavy (non-hydrogen) atoms. The maximum atomic E-state index is 14.2. The number of halogens is 1. The standard InChI is InChI=1S/C25H30FN3O3/c1-25(2,3)32-24(31)29-15-19(26)13-21(29)23(30)28-22(17-7-5-4-6-8-17)20-12-11-18(14-27-20)16-9-10-16/h4-8,11-12,14,16,19,21-22H,9-10,13,15H2,1-3H3,(H,28,30)/t19-,21+,22?/m1/s1. The summed E-state index contributed by atoms with van der Waals surface area (Å²) in [5.41, 5.74) is 2.05. The molecule has 0 bridgehead atoms. The largest absolute Gasteiger partial charge is 0.444 e. The van der Waals surface area contributed by atoms with Gasteiger partial charge in [-0.05, 0) is 56.7 Å². The van der Waals surface area contributed by atoms with Gasteiger partial charge in [0.25, 0.3) is 0 Å². The number of rotatable bonds is 5. The number of aromatic nitrogens is 1. The fourth-order valence-electron chi connectivity index (χ4n) is 4.01. The van der Waals surface area contributed by atoms with E-state index < -0.39 is 35.9 Å². The molecule has 1 aliphatic heterocycles. The summed E-state index contributed by atoms with van der Waals surface area (Å²) >= 11 is 0. The highest BCUT2D eigenvalue weighted by Gasteiger charge is 2.42. The molecule has 1 aromatic carbocycles. The lowest BCUT2D eigenvalue weighted by molar-refractivity contribution is -0.126. The maximum Gasteiger partial charge on any atom is 0.411 e. The van der Waals surface area contributed by atoms with Gasteiger partial charge >= 0.3 is 6.09 Å². The second kappa shape index (κ2) is 8.88. The number of hydrogen-bond acceptors (Lipinski definition) is 4. The van der Waals surface area contributed by atoms with Crippen molar-refractivity contribution in [2.75, 3.05) is 6.54 Å². The Kier molecular flexibility index (Phi) is 6.17. The van der Waals surface area contributed by atoms with Gasteiger partial charge in [-0.15, -0.1) is 0 Å². The first-order chi connectivity index (χ1) is 15.2. The maximum absolute atomic E-state index is 14.2. The fourth-order valence-corrected chi connectivity index (χ4v) is 4.01. The lowest BCUT2D eigenvalue weighted by Gasteiger charge is -2.29. The quantitative estimate of drug-likeness (QED) is 0.744. The second-order valence-corrected chi connectivity index (χ2v) is 9.62. The summed E-state index contributed by atoms with van der Waals surface area (Å²) in [6.45, 7) is 5.07. The molecule has 2 fully saturated rings. The number of hydrogen-bond donors (Lipinski definition) is 1. The minimum Gasteiger partial charge on any atom is -0.444 e. The molecule has 3 atom stereocenters. The smallest absolute Gasteiger partial charge is 0.411 e. The molecule has 2 aromatic rings. The molecule has 2 heterocycles. The van der Waals surface area contributed by atoms with Crippen LogP contribution in [-0.2, 0) is 9.53 Å². The topological polar surface area (TPSA) is 71.5 Å². The number of carbonyl (C=O) groups is 2. The summed E-state index contributed by atoms with van der Waals surface area (Å²) in [6, 6.07) is 12.1. The van der Waals surface area contributed by atoms with Crippen molar-refractivity contribution in [3.63, 3.8) is 0 Å². The van der Waals surface area contributed by atoms with Gasteiger partial charge in [0.2, 0.25) is 5.91 Å². The van der Waals surface area contributed by atoms with Gasteiger partial charge in [0, 0.05) is 12.6 Å². The zero-order valence-electron chi connectivity index (χ0n) is 18.8. The normalized spacial score (nSPS) is 21.8. The predicted octanol–water partition coefficient (Wildman–Crippen LogP) is 4.51. The van der Waals surface area contributed by atoms with Crippen molar-refractivity contribution in [2.24, 2.45) is 0 Å². The summed E-state index contributed by atoms with van der Waals surface area (Å²) in [5.74, 6) is 0.168. The first-order valence-electron chi connectivity index (χ1n) is 11.2. The lowest BCUT2D eigenvalue weighted by Crippen LogP contribution is -2.48. The van der Waals surface area contributed by atoms with Gasteiger partial charge in [0.15, 0.2) is 0 Å². The SMILES string of the molecule is CC(C)(C)OC(=O)N1C[C@H](F)C[C@H]1C(=O)NC(c1ccccc1)c1ccc(C2CC2)cn1. The van der Waals surface area contributed by atoms with Crippen LogP contribution in [0.3, 0.4) is 0 Å². The summed E-state index contributed by atoms with van der Waals surface area (Å²) in [6.07, 6.45) is 2.24. The van der Waals surface area contributed by atoms with Gasteiger partial charge in [-0.1, -0.05) is 36.4 Å². The molecule has 6 nitrogen and oxygen atoms in total. The predicted molar refractivity (Wildman–Crippen MR) is 119 cm³/mol. The van der Waals surface area contributed by atoms with Crippen LogP contribution >= 0.6 is 0 Å². The average molecular weight is 440 g/mol. The van der Waals surface area contributed by atoms with Crippen LogP contribution in [0.4, 0.5) is 9.18 Å². The fraction of sp³-hybridized carbons (Fsp3) is 0.480. The van der Waals surface area contributed by atoms with Crippen LogP contribution in [0.1, 0.15) is 68.8 Å². The number of nitrogens with one attached hydrogen (secondary N) is 1. The molecule has 1 saturated carbocycles. The van der Waals surface area contributed by atoms with Gasteiger partial charge in [-0.25, -0.2) is 9.18 Å². The monoisotopic (exact) mass is 439 g/mol. The number of carbonyl (C=O) groups excluding carboxylic acids is 2. The van der Waals surface area contributed by atoms with Crippen molar-refractivity contribution >= 4 is 12.0 Å². The van der Waals surface area contributed by atoms with E-state index in [1.54, 1.807) is 20.8 Å². The number of amides is 2. The first-order valence-corrected chi connectivity index (χ1v) is 11.2. The highest BCUT2D eigenvalue weighted by Crippen LogP contribution is 2.40. The van der Waals surface area contributed by atoms with E-state index in [-0.39, 0.29) is 13.0 Å². The Bertz CT molecular complexity index is 955. The second-order valence-electron chi connectivity index (χ2n) is 9.62. The number of likely N-dealkylation sites (tertiary alicyclic amines) is 1. The number of nitrogens with zero attached hydrogens (tertiary/aromatic N) is 2. The molecule has 1 aliphatic carbocycles. The Morgan fingerprint density at radius 2 is 1.88 bits per heavy atom. The van der Waals surface area contributed by atoms with Crippen molar-refractivity contribution in [1.82, 2.24) is 15.2 Å². The van der Waals surface area contributed by atoms with E-state index in [1.165, 1.54) is 23.3 Å². The number of ether oxygens (including phenoxy) is 1. The van der Waals surface area contributed by atoms with E-state index >= 15 is 0 Å². The van der Waals surface area contributed by atoms with Crippen LogP contribution in [0, 0.1) is 0 Å². The van der Waals surface area contributed by atoms with Crippen molar-refractivity contribution in [2.45, 2.75) is 69.8 Å². The molecule has 2 aliphatic rings. The third kappa shape index (κ3) is 5.26.